The monoisotopic (exact) mass is 395 g/mol. The quantitative estimate of drug-likeness (QED) is 0.663. The second-order valence-corrected chi connectivity index (χ2v) is 6.77. The largest absolute Gasteiger partial charge is 0.486 e. The third-order valence-electron chi connectivity index (χ3n) is 4.29. The second-order valence-electron chi connectivity index (χ2n) is 6.33. The Labute approximate surface area is 167 Å². The predicted molar refractivity (Wildman–Crippen MR) is 109 cm³/mol. The zero-order valence-electron chi connectivity index (χ0n) is 15.2. The van der Waals surface area contributed by atoms with Crippen LogP contribution >= 0.6 is 11.6 Å². The van der Waals surface area contributed by atoms with Crippen molar-refractivity contribution in [2.45, 2.75) is 6.92 Å². The first-order valence-electron chi connectivity index (χ1n) is 8.79. The lowest BCUT2D eigenvalue weighted by Gasteiger charge is -2.19. The number of nitrogens with one attached hydrogen (secondary N) is 2. The number of rotatable bonds is 4. The number of aryl methyl sites for hydroxylation is 1. The van der Waals surface area contributed by atoms with Gasteiger partial charge < -0.3 is 20.1 Å². The van der Waals surface area contributed by atoms with Crippen LogP contribution in [0, 0.1) is 6.92 Å². The molecule has 0 radical (unpaired) electrons. The van der Waals surface area contributed by atoms with Crippen molar-refractivity contribution in [3.05, 3.63) is 70.9 Å². The fraction of sp³-hybridized carbons (Fsp3) is 0.143. The van der Waals surface area contributed by atoms with Crippen molar-refractivity contribution in [3.8, 4) is 11.5 Å². The third kappa shape index (κ3) is 4.02. The van der Waals surface area contributed by atoms with E-state index >= 15 is 0 Å². The van der Waals surface area contributed by atoms with Crippen LogP contribution in [-0.2, 0) is 0 Å². The number of benzene rings is 2. The lowest BCUT2D eigenvalue weighted by Crippen LogP contribution is -2.15. The SMILES string of the molecule is Cc1ccc(Cl)cc1NC(=O)c1ccc(Nc2ccc3c(c2)OCCO3)nc1. The Kier molecular flexibility index (Phi) is 5.04. The summed E-state index contributed by atoms with van der Waals surface area (Å²) in [5, 5.41) is 6.61. The summed E-state index contributed by atoms with van der Waals surface area (Å²) in [5.74, 6) is 1.80. The van der Waals surface area contributed by atoms with E-state index in [1.54, 1.807) is 24.3 Å². The maximum Gasteiger partial charge on any atom is 0.257 e. The fourth-order valence-corrected chi connectivity index (χ4v) is 2.97. The number of nitrogens with zero attached hydrogens (tertiary/aromatic N) is 1. The Morgan fingerprint density at radius 3 is 2.64 bits per heavy atom. The first-order valence-corrected chi connectivity index (χ1v) is 9.16. The van der Waals surface area contributed by atoms with Crippen LogP contribution in [-0.4, -0.2) is 24.1 Å². The van der Waals surface area contributed by atoms with Gasteiger partial charge in [-0.25, -0.2) is 4.98 Å². The molecule has 6 nitrogen and oxygen atoms in total. The summed E-state index contributed by atoms with van der Waals surface area (Å²) >= 11 is 6.00. The number of carbonyl (C=O) groups excluding carboxylic acids is 1. The summed E-state index contributed by atoms with van der Waals surface area (Å²) < 4.78 is 11.1. The molecule has 0 atom stereocenters. The summed E-state index contributed by atoms with van der Waals surface area (Å²) in [7, 11) is 0. The number of aromatic nitrogens is 1. The maximum absolute atomic E-state index is 12.5. The smallest absolute Gasteiger partial charge is 0.257 e. The van der Waals surface area contributed by atoms with Crippen molar-refractivity contribution in [3.63, 3.8) is 0 Å². The van der Waals surface area contributed by atoms with Gasteiger partial charge in [0, 0.05) is 28.7 Å². The molecule has 4 rings (SSSR count). The molecule has 0 unspecified atom stereocenters. The molecule has 0 fully saturated rings. The number of anilines is 3. The normalized spacial score (nSPS) is 12.4. The van der Waals surface area contributed by atoms with Crippen LogP contribution < -0.4 is 20.1 Å². The molecule has 1 aliphatic rings. The first kappa shape index (κ1) is 18.1. The number of carbonyl (C=O) groups is 1. The Morgan fingerprint density at radius 2 is 1.86 bits per heavy atom. The zero-order chi connectivity index (χ0) is 19.5. The van der Waals surface area contributed by atoms with Crippen molar-refractivity contribution in [1.29, 1.82) is 0 Å². The molecule has 7 heteroatoms. The highest BCUT2D eigenvalue weighted by molar-refractivity contribution is 6.31. The van der Waals surface area contributed by atoms with Crippen molar-refractivity contribution < 1.29 is 14.3 Å². The lowest BCUT2D eigenvalue weighted by molar-refractivity contribution is 0.102. The van der Waals surface area contributed by atoms with E-state index in [0.29, 0.717) is 41.1 Å². The van der Waals surface area contributed by atoms with Gasteiger partial charge in [-0.3, -0.25) is 4.79 Å². The molecule has 0 spiro atoms. The van der Waals surface area contributed by atoms with Crippen LogP contribution in [0.15, 0.2) is 54.7 Å². The van der Waals surface area contributed by atoms with E-state index in [1.807, 2.05) is 31.2 Å². The highest BCUT2D eigenvalue weighted by Gasteiger charge is 2.12. The molecule has 0 aliphatic carbocycles. The highest BCUT2D eigenvalue weighted by Crippen LogP contribution is 2.33. The van der Waals surface area contributed by atoms with Crippen LogP contribution in [0.4, 0.5) is 17.2 Å². The number of fused-ring (bicyclic) bond motifs is 1. The molecule has 2 heterocycles. The maximum atomic E-state index is 12.5. The van der Waals surface area contributed by atoms with Crippen LogP contribution in [0.25, 0.3) is 0 Å². The molecule has 142 valence electrons. The number of halogens is 1. The number of hydrogen-bond donors (Lipinski definition) is 2. The molecular weight excluding hydrogens is 378 g/mol. The molecule has 2 N–H and O–H groups in total. The molecule has 0 bridgehead atoms. The van der Waals surface area contributed by atoms with Crippen LogP contribution in [0.1, 0.15) is 15.9 Å². The average molecular weight is 396 g/mol. The van der Waals surface area contributed by atoms with Gasteiger partial charge in [-0.05, 0) is 48.9 Å². The third-order valence-corrected chi connectivity index (χ3v) is 4.52. The van der Waals surface area contributed by atoms with Gasteiger partial charge in [0.05, 0.1) is 5.56 Å². The van der Waals surface area contributed by atoms with Gasteiger partial charge in [0.25, 0.3) is 5.91 Å². The number of amides is 1. The fourth-order valence-electron chi connectivity index (χ4n) is 2.79. The standard InChI is InChI=1S/C21H18ClN3O3/c1-13-2-4-15(22)10-17(13)25-21(26)14-3-7-20(23-12-14)24-16-5-6-18-19(11-16)28-9-8-27-18/h2-7,10-12H,8-9H2,1H3,(H,23,24)(H,25,26). The summed E-state index contributed by atoms with van der Waals surface area (Å²) in [6, 6.07) is 14.4. The summed E-state index contributed by atoms with van der Waals surface area (Å²) in [6.07, 6.45) is 1.52. The first-order chi connectivity index (χ1) is 13.6. The molecule has 0 saturated heterocycles. The molecule has 3 aromatic rings. The minimum Gasteiger partial charge on any atom is -0.486 e. The minimum absolute atomic E-state index is 0.247. The summed E-state index contributed by atoms with van der Waals surface area (Å²) in [5.41, 5.74) is 2.88. The van der Waals surface area contributed by atoms with Crippen LogP contribution in [0.2, 0.25) is 5.02 Å². The van der Waals surface area contributed by atoms with E-state index in [4.69, 9.17) is 21.1 Å². The topological polar surface area (TPSA) is 72.5 Å². The van der Waals surface area contributed by atoms with Crippen LogP contribution in [0.5, 0.6) is 11.5 Å². The van der Waals surface area contributed by atoms with Gasteiger partial charge in [0.2, 0.25) is 0 Å². The van der Waals surface area contributed by atoms with E-state index < -0.39 is 0 Å². The summed E-state index contributed by atoms with van der Waals surface area (Å²) in [4.78, 5) is 16.8. The van der Waals surface area contributed by atoms with E-state index in [-0.39, 0.29) is 5.91 Å². The van der Waals surface area contributed by atoms with Crippen molar-refractivity contribution in [2.75, 3.05) is 23.8 Å². The van der Waals surface area contributed by atoms with E-state index in [1.165, 1.54) is 6.20 Å². The van der Waals surface area contributed by atoms with E-state index in [9.17, 15) is 4.79 Å². The molecule has 1 amide bonds. The Hall–Kier alpha value is -3.25. The van der Waals surface area contributed by atoms with E-state index in [0.717, 1.165) is 17.0 Å². The van der Waals surface area contributed by atoms with Crippen molar-refractivity contribution in [1.82, 2.24) is 4.98 Å². The lowest BCUT2D eigenvalue weighted by atomic mass is 10.2. The van der Waals surface area contributed by atoms with Crippen LogP contribution in [0.3, 0.4) is 0 Å². The van der Waals surface area contributed by atoms with Crippen molar-refractivity contribution >= 4 is 34.7 Å². The molecule has 28 heavy (non-hydrogen) atoms. The number of hydrogen-bond acceptors (Lipinski definition) is 5. The minimum atomic E-state index is -0.247. The van der Waals surface area contributed by atoms with Gasteiger partial charge in [0.1, 0.15) is 19.0 Å². The van der Waals surface area contributed by atoms with Gasteiger partial charge in [-0.15, -0.1) is 0 Å². The zero-order valence-corrected chi connectivity index (χ0v) is 15.9. The highest BCUT2D eigenvalue weighted by atomic mass is 35.5. The molecule has 2 aromatic carbocycles. The van der Waals surface area contributed by atoms with E-state index in [2.05, 4.69) is 15.6 Å². The molecule has 1 aliphatic heterocycles. The van der Waals surface area contributed by atoms with Gasteiger partial charge in [-0.2, -0.15) is 0 Å². The average Bonchev–Trinajstić information content (AvgIpc) is 2.71. The van der Waals surface area contributed by atoms with Gasteiger partial charge >= 0.3 is 0 Å². The number of pyridine rings is 1. The number of ether oxygens (including phenoxy) is 2. The predicted octanol–water partition coefficient (Wildman–Crippen LogP) is 4.81. The molecule has 1 aromatic heterocycles. The second kappa shape index (κ2) is 7.78. The van der Waals surface area contributed by atoms with Gasteiger partial charge in [0.15, 0.2) is 11.5 Å². The van der Waals surface area contributed by atoms with Crippen molar-refractivity contribution in [2.24, 2.45) is 0 Å². The Balaban J connectivity index is 1.45. The molecule has 0 saturated carbocycles. The summed E-state index contributed by atoms with van der Waals surface area (Å²) in [6.45, 7) is 2.99. The molecular formula is C21H18ClN3O3. The Morgan fingerprint density at radius 1 is 1.04 bits per heavy atom. The van der Waals surface area contributed by atoms with Gasteiger partial charge in [-0.1, -0.05) is 17.7 Å². The Bertz CT molecular complexity index is 1020.